The average molecular weight is 410 g/mol. The van der Waals surface area contributed by atoms with Gasteiger partial charge < -0.3 is 0 Å². The minimum absolute atomic E-state index is 0.273. The van der Waals surface area contributed by atoms with Gasteiger partial charge in [-0.3, -0.25) is 9.55 Å². The number of aromatic nitrogens is 3. The Morgan fingerprint density at radius 2 is 1.50 bits per heavy atom. The first-order valence-electron chi connectivity index (χ1n) is 8.48. The summed E-state index contributed by atoms with van der Waals surface area (Å²) in [6, 6.07) is 18.0. The Morgan fingerprint density at radius 3 is 2.11 bits per heavy atom. The third-order valence-electron chi connectivity index (χ3n) is 4.33. The van der Waals surface area contributed by atoms with Gasteiger partial charge in [-0.1, -0.05) is 11.6 Å². The molecule has 0 unspecified atom stereocenters. The number of pyridine rings is 1. The number of imidazole rings is 1. The topological polar surface area (TPSA) is 64.8 Å². The second kappa shape index (κ2) is 7.22. The van der Waals surface area contributed by atoms with Crippen LogP contribution in [0.3, 0.4) is 0 Å². The van der Waals surface area contributed by atoms with Crippen LogP contribution in [0.4, 0.5) is 0 Å². The van der Waals surface area contributed by atoms with Crippen LogP contribution < -0.4 is 0 Å². The van der Waals surface area contributed by atoms with Crippen LogP contribution in [0, 0.1) is 0 Å². The molecule has 0 amide bonds. The summed E-state index contributed by atoms with van der Waals surface area (Å²) in [6.07, 6.45) is 6.57. The smallest absolute Gasteiger partial charge is 0.175 e. The van der Waals surface area contributed by atoms with Gasteiger partial charge in [0.1, 0.15) is 5.82 Å². The van der Waals surface area contributed by atoms with Crippen molar-refractivity contribution in [2.75, 3.05) is 6.26 Å². The van der Waals surface area contributed by atoms with Crippen LogP contribution in [0.1, 0.15) is 0 Å². The van der Waals surface area contributed by atoms with Gasteiger partial charge in [-0.2, -0.15) is 0 Å². The minimum Gasteiger partial charge on any atom is -0.299 e. The molecule has 28 heavy (non-hydrogen) atoms. The molecular formula is C21H16ClN3O2S. The first-order valence-corrected chi connectivity index (χ1v) is 10.7. The second-order valence-electron chi connectivity index (χ2n) is 6.33. The highest BCUT2D eigenvalue weighted by Crippen LogP contribution is 2.29. The molecule has 2 aromatic carbocycles. The lowest BCUT2D eigenvalue weighted by atomic mass is 10.2. The number of hydrogen-bond donors (Lipinski definition) is 0. The fourth-order valence-corrected chi connectivity index (χ4v) is 3.65. The largest absolute Gasteiger partial charge is 0.299 e. The summed E-state index contributed by atoms with van der Waals surface area (Å²) in [5, 5.41) is 0.650. The molecule has 0 saturated carbocycles. The predicted molar refractivity (Wildman–Crippen MR) is 110 cm³/mol. The maximum Gasteiger partial charge on any atom is 0.175 e. The van der Waals surface area contributed by atoms with Gasteiger partial charge >= 0.3 is 0 Å². The van der Waals surface area contributed by atoms with Gasteiger partial charge in [0.05, 0.1) is 10.6 Å². The summed E-state index contributed by atoms with van der Waals surface area (Å²) >= 11 is 6.03. The van der Waals surface area contributed by atoms with E-state index in [1.165, 1.54) is 6.26 Å². The summed E-state index contributed by atoms with van der Waals surface area (Å²) in [5.41, 5.74) is 3.44. The normalized spacial score (nSPS) is 11.5. The first-order chi connectivity index (χ1) is 13.4. The van der Waals surface area contributed by atoms with Gasteiger partial charge in [0.2, 0.25) is 0 Å². The van der Waals surface area contributed by atoms with E-state index in [1.54, 1.807) is 36.7 Å². The van der Waals surface area contributed by atoms with Gasteiger partial charge in [-0.15, -0.1) is 0 Å². The molecule has 0 N–H and O–H groups in total. The van der Waals surface area contributed by atoms with Crippen molar-refractivity contribution < 1.29 is 8.42 Å². The number of halogens is 1. The molecule has 0 fully saturated rings. The number of sulfone groups is 1. The lowest BCUT2D eigenvalue weighted by molar-refractivity contribution is 0.602. The maximum absolute atomic E-state index is 11.8. The van der Waals surface area contributed by atoms with Gasteiger partial charge in [-0.05, 0) is 60.7 Å². The van der Waals surface area contributed by atoms with Crippen LogP contribution in [-0.4, -0.2) is 29.2 Å². The highest BCUT2D eigenvalue weighted by Gasteiger charge is 2.14. The third kappa shape index (κ3) is 3.69. The molecule has 140 valence electrons. The lowest BCUT2D eigenvalue weighted by Crippen LogP contribution is -1.98. The molecule has 0 aliphatic rings. The summed E-state index contributed by atoms with van der Waals surface area (Å²) in [6.45, 7) is 0. The molecule has 0 radical (unpaired) electrons. The van der Waals surface area contributed by atoms with Crippen molar-refractivity contribution in [3.8, 4) is 28.3 Å². The second-order valence-corrected chi connectivity index (χ2v) is 8.78. The molecule has 0 aliphatic carbocycles. The molecule has 5 nitrogen and oxygen atoms in total. The van der Waals surface area contributed by atoms with E-state index in [1.807, 2.05) is 47.2 Å². The molecule has 0 spiro atoms. The van der Waals surface area contributed by atoms with Crippen molar-refractivity contribution in [2.24, 2.45) is 0 Å². The lowest BCUT2D eigenvalue weighted by Gasteiger charge is -2.08. The zero-order chi connectivity index (χ0) is 19.7. The van der Waals surface area contributed by atoms with E-state index >= 15 is 0 Å². The monoisotopic (exact) mass is 409 g/mol. The van der Waals surface area contributed by atoms with E-state index in [0.29, 0.717) is 10.8 Å². The molecule has 0 atom stereocenters. The quantitative estimate of drug-likeness (QED) is 0.491. The van der Waals surface area contributed by atoms with Gasteiger partial charge in [0, 0.05) is 46.7 Å². The van der Waals surface area contributed by atoms with Crippen LogP contribution in [0.5, 0.6) is 0 Å². The Hall–Kier alpha value is -2.96. The molecule has 4 aromatic rings. The molecule has 7 heteroatoms. The van der Waals surface area contributed by atoms with Crippen molar-refractivity contribution in [1.29, 1.82) is 0 Å². The van der Waals surface area contributed by atoms with Crippen LogP contribution in [0.15, 0.2) is 84.1 Å². The zero-order valence-electron chi connectivity index (χ0n) is 14.9. The summed E-state index contributed by atoms with van der Waals surface area (Å²) in [5.74, 6) is 0.703. The Morgan fingerprint density at radius 1 is 0.857 bits per heavy atom. The van der Waals surface area contributed by atoms with E-state index in [9.17, 15) is 8.42 Å². The van der Waals surface area contributed by atoms with Crippen molar-refractivity contribution in [3.05, 3.63) is 84.3 Å². The maximum atomic E-state index is 11.8. The van der Waals surface area contributed by atoms with E-state index in [4.69, 9.17) is 16.6 Å². The van der Waals surface area contributed by atoms with Crippen LogP contribution in [0.2, 0.25) is 5.02 Å². The van der Waals surface area contributed by atoms with Crippen LogP contribution >= 0.6 is 11.6 Å². The molecule has 0 aliphatic heterocycles. The molecular weight excluding hydrogens is 394 g/mol. The van der Waals surface area contributed by atoms with Gasteiger partial charge in [0.25, 0.3) is 0 Å². The van der Waals surface area contributed by atoms with Crippen LogP contribution in [-0.2, 0) is 9.84 Å². The SMILES string of the molecule is CS(=O)(=O)c1ccc(-c2nc(-c3ccncc3)cn2-c2ccc(Cl)cc2)cc1. The zero-order valence-corrected chi connectivity index (χ0v) is 16.5. The molecule has 4 rings (SSSR count). The Balaban J connectivity index is 1.87. The number of nitrogens with zero attached hydrogens (tertiary/aromatic N) is 3. The highest BCUT2D eigenvalue weighted by molar-refractivity contribution is 7.90. The number of benzene rings is 2. The van der Waals surface area contributed by atoms with E-state index < -0.39 is 9.84 Å². The number of rotatable bonds is 4. The van der Waals surface area contributed by atoms with Gasteiger partial charge in [0.15, 0.2) is 9.84 Å². The Kier molecular flexibility index (Phi) is 4.75. The van der Waals surface area contributed by atoms with Crippen molar-refractivity contribution in [2.45, 2.75) is 4.90 Å². The highest BCUT2D eigenvalue weighted by atomic mass is 35.5. The summed E-state index contributed by atoms with van der Waals surface area (Å²) in [4.78, 5) is 9.12. The Bertz CT molecular complexity index is 1220. The minimum atomic E-state index is -3.26. The average Bonchev–Trinajstić information content (AvgIpc) is 3.14. The molecule has 2 aromatic heterocycles. The van der Waals surface area contributed by atoms with Crippen molar-refractivity contribution in [1.82, 2.24) is 14.5 Å². The first kappa shape index (κ1) is 18.4. The fraction of sp³-hybridized carbons (Fsp3) is 0.0476. The third-order valence-corrected chi connectivity index (χ3v) is 5.71. The van der Waals surface area contributed by atoms with E-state index in [-0.39, 0.29) is 4.90 Å². The number of hydrogen-bond acceptors (Lipinski definition) is 4. The summed E-state index contributed by atoms with van der Waals surface area (Å²) < 4.78 is 25.5. The standard InChI is InChI=1S/C21H16ClN3O2S/c1-28(26,27)19-8-2-16(3-9-19)21-24-20(15-10-12-23-13-11-15)14-25(21)18-6-4-17(22)5-7-18/h2-14H,1H3. The molecule has 2 heterocycles. The van der Waals surface area contributed by atoms with Crippen molar-refractivity contribution in [3.63, 3.8) is 0 Å². The van der Waals surface area contributed by atoms with Crippen molar-refractivity contribution >= 4 is 21.4 Å². The summed E-state index contributed by atoms with van der Waals surface area (Å²) in [7, 11) is -3.26. The van der Waals surface area contributed by atoms with E-state index in [0.717, 1.165) is 22.5 Å². The fourth-order valence-electron chi connectivity index (χ4n) is 2.90. The molecule has 0 saturated heterocycles. The molecule has 0 bridgehead atoms. The Labute approximate surface area is 168 Å². The van der Waals surface area contributed by atoms with Crippen LogP contribution in [0.25, 0.3) is 28.3 Å². The predicted octanol–water partition coefficient (Wildman–Crippen LogP) is 4.66. The van der Waals surface area contributed by atoms with E-state index in [2.05, 4.69) is 4.98 Å². The van der Waals surface area contributed by atoms with Gasteiger partial charge in [-0.25, -0.2) is 13.4 Å².